The second kappa shape index (κ2) is 9.47. The third-order valence-electron chi connectivity index (χ3n) is 5.87. The van der Waals surface area contributed by atoms with Crippen LogP contribution in [0, 0.1) is 0 Å². The highest BCUT2D eigenvalue weighted by Crippen LogP contribution is 2.33. The van der Waals surface area contributed by atoms with Crippen LogP contribution < -0.4 is 0 Å². The van der Waals surface area contributed by atoms with E-state index in [0.717, 1.165) is 30.0 Å². The first-order valence-electron chi connectivity index (χ1n) is 10.3. The van der Waals surface area contributed by atoms with E-state index in [1.165, 1.54) is 22.6 Å². The largest absolute Gasteiger partial charge is 0.387 e. The van der Waals surface area contributed by atoms with Crippen molar-refractivity contribution < 1.29 is 9.90 Å². The number of nitrogens with zero attached hydrogens (tertiary/aromatic N) is 2. The molecule has 2 unspecified atom stereocenters. The summed E-state index contributed by atoms with van der Waals surface area (Å²) in [6, 6.07) is 10.5. The summed E-state index contributed by atoms with van der Waals surface area (Å²) in [5.74, 6) is 1.26. The summed E-state index contributed by atoms with van der Waals surface area (Å²) >= 11 is 3.55. The monoisotopic (exact) mass is 428 g/mol. The number of benzene rings is 1. The number of amides is 1. The predicted molar refractivity (Wildman–Crippen MR) is 121 cm³/mol. The lowest BCUT2D eigenvalue weighted by Crippen LogP contribution is -2.52. The molecule has 0 aliphatic carbocycles. The highest BCUT2D eigenvalue weighted by atomic mass is 32.2. The van der Waals surface area contributed by atoms with Gasteiger partial charge in [0.25, 0.3) is 0 Å². The smallest absolute Gasteiger partial charge is 0.246 e. The van der Waals surface area contributed by atoms with Crippen molar-refractivity contribution in [2.45, 2.75) is 36.8 Å². The molecule has 6 heteroatoms. The molecule has 29 heavy (non-hydrogen) atoms. The Morgan fingerprint density at radius 3 is 2.79 bits per heavy atom. The van der Waals surface area contributed by atoms with Crippen molar-refractivity contribution in [3.8, 4) is 0 Å². The van der Waals surface area contributed by atoms with Gasteiger partial charge in [-0.1, -0.05) is 18.2 Å². The van der Waals surface area contributed by atoms with Gasteiger partial charge in [-0.05, 0) is 60.2 Å². The molecule has 2 aromatic rings. The standard InChI is InChI=1S/C23H28N2O2S2/c1-17(23(27)19-6-8-21-18(16-19)4-2-15-29-21)24-10-12-25(13-11-24)22(26)9-7-20-5-3-14-28-20/h3,5-9,14,16-17,23,27H,2,4,10-13,15H2,1H3. The molecular formula is C23H28N2O2S2. The van der Waals surface area contributed by atoms with Gasteiger partial charge in [0.05, 0.1) is 6.10 Å². The Bertz CT molecular complexity index is 858. The topological polar surface area (TPSA) is 43.8 Å². The number of carbonyl (C=O) groups is 1. The number of thioether (sulfide) groups is 1. The maximum absolute atomic E-state index is 12.4. The minimum Gasteiger partial charge on any atom is -0.387 e. The summed E-state index contributed by atoms with van der Waals surface area (Å²) in [6.45, 7) is 5.07. The Morgan fingerprint density at radius 1 is 1.21 bits per heavy atom. The van der Waals surface area contributed by atoms with Crippen LogP contribution in [0.2, 0.25) is 0 Å². The molecule has 1 saturated heterocycles. The Hall–Kier alpha value is -1.60. The normalized spacial score (nSPS) is 19.9. The molecular weight excluding hydrogens is 400 g/mol. The number of aliphatic hydroxyl groups excluding tert-OH is 1. The van der Waals surface area contributed by atoms with Gasteiger partial charge < -0.3 is 10.0 Å². The van der Waals surface area contributed by atoms with E-state index in [4.69, 9.17) is 0 Å². The van der Waals surface area contributed by atoms with Crippen LogP contribution in [-0.2, 0) is 11.2 Å². The average molecular weight is 429 g/mol. The second-order valence-corrected chi connectivity index (χ2v) is 9.83. The molecule has 1 N–H and O–H groups in total. The summed E-state index contributed by atoms with van der Waals surface area (Å²) in [5.41, 5.74) is 2.38. The van der Waals surface area contributed by atoms with Gasteiger partial charge in [-0.2, -0.15) is 0 Å². The highest BCUT2D eigenvalue weighted by Gasteiger charge is 2.28. The number of carbonyl (C=O) groups excluding carboxylic acids is 1. The van der Waals surface area contributed by atoms with E-state index >= 15 is 0 Å². The fourth-order valence-electron chi connectivity index (χ4n) is 4.04. The molecule has 1 aromatic heterocycles. The first kappa shape index (κ1) is 20.7. The lowest BCUT2D eigenvalue weighted by molar-refractivity contribution is -0.128. The van der Waals surface area contributed by atoms with Crippen LogP contribution >= 0.6 is 23.1 Å². The zero-order chi connectivity index (χ0) is 20.2. The van der Waals surface area contributed by atoms with E-state index in [9.17, 15) is 9.90 Å². The Labute approximate surface area is 181 Å². The van der Waals surface area contributed by atoms with Crippen LogP contribution in [0.5, 0.6) is 0 Å². The van der Waals surface area contributed by atoms with Crippen LogP contribution in [0.15, 0.2) is 46.7 Å². The van der Waals surface area contributed by atoms with Gasteiger partial charge in [0.15, 0.2) is 0 Å². The van der Waals surface area contributed by atoms with Crippen molar-refractivity contribution in [3.63, 3.8) is 0 Å². The quantitative estimate of drug-likeness (QED) is 0.730. The Balaban J connectivity index is 1.32. The van der Waals surface area contributed by atoms with E-state index in [2.05, 4.69) is 30.0 Å². The minimum absolute atomic E-state index is 0.0307. The zero-order valence-electron chi connectivity index (χ0n) is 16.8. The van der Waals surface area contributed by atoms with Crippen molar-refractivity contribution in [2.24, 2.45) is 0 Å². The van der Waals surface area contributed by atoms with Crippen molar-refractivity contribution in [1.29, 1.82) is 0 Å². The van der Waals surface area contributed by atoms with Gasteiger partial charge in [0.1, 0.15) is 0 Å². The third kappa shape index (κ3) is 4.94. The molecule has 1 amide bonds. The molecule has 4 rings (SSSR count). The molecule has 1 aromatic carbocycles. The highest BCUT2D eigenvalue weighted by molar-refractivity contribution is 7.99. The van der Waals surface area contributed by atoms with Crippen LogP contribution in [0.3, 0.4) is 0 Å². The third-order valence-corrected chi connectivity index (χ3v) is 7.91. The van der Waals surface area contributed by atoms with Gasteiger partial charge in [-0.25, -0.2) is 0 Å². The number of hydrogen-bond acceptors (Lipinski definition) is 5. The van der Waals surface area contributed by atoms with Crippen LogP contribution in [0.1, 0.15) is 35.5 Å². The summed E-state index contributed by atoms with van der Waals surface area (Å²) in [6.07, 6.45) is 5.37. The molecule has 0 bridgehead atoms. The SMILES string of the molecule is CC(C(O)c1ccc2c(c1)CCCS2)N1CCN(C(=O)C=Cc2cccs2)CC1. The predicted octanol–water partition coefficient (Wildman–Crippen LogP) is 4.07. The summed E-state index contributed by atoms with van der Waals surface area (Å²) in [7, 11) is 0. The van der Waals surface area contributed by atoms with Gasteiger partial charge in [0, 0.05) is 48.1 Å². The summed E-state index contributed by atoms with van der Waals surface area (Å²) in [4.78, 5) is 19.1. The second-order valence-electron chi connectivity index (χ2n) is 7.71. The molecule has 0 radical (unpaired) electrons. The van der Waals surface area contributed by atoms with E-state index in [1.807, 2.05) is 40.3 Å². The fourth-order valence-corrected chi connectivity index (χ4v) is 5.67. The first-order chi connectivity index (χ1) is 14.1. The van der Waals surface area contributed by atoms with E-state index in [1.54, 1.807) is 17.4 Å². The van der Waals surface area contributed by atoms with Crippen LogP contribution in [0.4, 0.5) is 0 Å². The lowest BCUT2D eigenvalue weighted by atomic mass is 9.98. The molecule has 2 atom stereocenters. The summed E-state index contributed by atoms with van der Waals surface area (Å²) < 4.78 is 0. The number of fused-ring (bicyclic) bond motifs is 1. The molecule has 2 aliphatic heterocycles. The van der Waals surface area contributed by atoms with E-state index in [-0.39, 0.29) is 11.9 Å². The van der Waals surface area contributed by atoms with Crippen molar-refractivity contribution >= 4 is 35.1 Å². The van der Waals surface area contributed by atoms with Gasteiger partial charge in [-0.15, -0.1) is 23.1 Å². The maximum atomic E-state index is 12.4. The number of piperazine rings is 1. The fraction of sp³-hybridized carbons (Fsp3) is 0.435. The zero-order valence-corrected chi connectivity index (χ0v) is 18.4. The van der Waals surface area contributed by atoms with E-state index in [0.29, 0.717) is 13.1 Å². The average Bonchev–Trinajstić information content (AvgIpc) is 3.30. The Kier molecular flexibility index (Phi) is 6.75. The molecule has 0 spiro atoms. The Morgan fingerprint density at radius 2 is 2.03 bits per heavy atom. The molecule has 154 valence electrons. The number of hydrogen-bond donors (Lipinski definition) is 1. The first-order valence-corrected chi connectivity index (χ1v) is 12.2. The molecule has 2 aliphatic rings. The van der Waals surface area contributed by atoms with Crippen LogP contribution in [-0.4, -0.2) is 58.8 Å². The van der Waals surface area contributed by atoms with E-state index < -0.39 is 6.10 Å². The lowest BCUT2D eigenvalue weighted by Gasteiger charge is -2.39. The van der Waals surface area contributed by atoms with Gasteiger partial charge in [0.2, 0.25) is 5.91 Å². The summed E-state index contributed by atoms with van der Waals surface area (Å²) in [5, 5.41) is 13.0. The molecule has 3 heterocycles. The molecule has 1 fully saturated rings. The van der Waals surface area contributed by atoms with Gasteiger partial charge in [-0.3, -0.25) is 9.69 Å². The minimum atomic E-state index is -0.506. The van der Waals surface area contributed by atoms with Gasteiger partial charge >= 0.3 is 0 Å². The maximum Gasteiger partial charge on any atom is 0.246 e. The van der Waals surface area contributed by atoms with Crippen LogP contribution in [0.25, 0.3) is 6.08 Å². The number of aliphatic hydroxyl groups is 1. The van der Waals surface area contributed by atoms with Crippen molar-refractivity contribution in [2.75, 3.05) is 31.9 Å². The van der Waals surface area contributed by atoms with Crippen molar-refractivity contribution in [3.05, 3.63) is 57.8 Å². The number of rotatable bonds is 5. The number of thiophene rings is 1. The number of aryl methyl sites for hydroxylation is 1. The molecule has 0 saturated carbocycles. The molecule has 4 nitrogen and oxygen atoms in total. The van der Waals surface area contributed by atoms with Crippen molar-refractivity contribution in [1.82, 2.24) is 9.80 Å².